The molecule has 1 heterocycles. The third-order valence-electron chi connectivity index (χ3n) is 3.68. The van der Waals surface area contributed by atoms with E-state index in [4.69, 9.17) is 0 Å². The van der Waals surface area contributed by atoms with Crippen molar-refractivity contribution in [3.63, 3.8) is 0 Å². The third kappa shape index (κ3) is 6.47. The number of sulfonamides is 1. The van der Waals surface area contributed by atoms with E-state index < -0.39 is 10.0 Å². The van der Waals surface area contributed by atoms with E-state index in [2.05, 4.69) is 27.2 Å². The first-order chi connectivity index (χ1) is 12.4. The van der Waals surface area contributed by atoms with Crippen LogP contribution in [0.25, 0.3) is 0 Å². The summed E-state index contributed by atoms with van der Waals surface area (Å²) in [5.74, 6) is -0.298. The van der Waals surface area contributed by atoms with Crippen molar-refractivity contribution in [1.82, 2.24) is 14.9 Å². The van der Waals surface area contributed by atoms with Gasteiger partial charge in [0, 0.05) is 19.4 Å². The van der Waals surface area contributed by atoms with Gasteiger partial charge < -0.3 is 5.32 Å². The number of benzene rings is 1. The monoisotopic (exact) mass is 396 g/mol. The molecule has 9 heteroatoms. The summed E-state index contributed by atoms with van der Waals surface area (Å²) in [6.07, 6.45) is 4.22. The molecule has 2 rings (SSSR count). The van der Waals surface area contributed by atoms with Gasteiger partial charge in [0.1, 0.15) is 5.01 Å². The molecule has 142 valence electrons. The Kier molecular flexibility index (Phi) is 7.67. The van der Waals surface area contributed by atoms with Crippen LogP contribution in [-0.4, -0.2) is 31.1 Å². The second-order valence-electron chi connectivity index (χ2n) is 5.97. The molecule has 2 aromatic rings. The Hall–Kier alpha value is -1.84. The SMILES string of the molecule is CCCCCc1nnc(NC(=O)CCNS(=O)(=O)c2ccc(C)cc2)s1. The van der Waals surface area contributed by atoms with Crippen molar-refractivity contribution >= 4 is 32.4 Å². The Balaban J connectivity index is 1.77. The van der Waals surface area contributed by atoms with E-state index in [1.807, 2.05) is 6.92 Å². The summed E-state index contributed by atoms with van der Waals surface area (Å²) < 4.78 is 26.7. The van der Waals surface area contributed by atoms with Crippen molar-refractivity contribution in [2.75, 3.05) is 11.9 Å². The van der Waals surface area contributed by atoms with E-state index in [9.17, 15) is 13.2 Å². The molecule has 0 aliphatic carbocycles. The standard InChI is InChI=1S/C17H24N4O3S2/c1-3-4-5-6-16-20-21-17(25-16)19-15(22)11-12-18-26(23,24)14-9-7-13(2)8-10-14/h7-10,18H,3-6,11-12H2,1-2H3,(H,19,21,22). The zero-order valence-corrected chi connectivity index (χ0v) is 16.6. The zero-order valence-electron chi connectivity index (χ0n) is 15.0. The van der Waals surface area contributed by atoms with Gasteiger partial charge in [-0.3, -0.25) is 4.79 Å². The predicted octanol–water partition coefficient (Wildman–Crippen LogP) is 2.89. The number of carbonyl (C=O) groups is 1. The molecular formula is C17H24N4O3S2. The summed E-state index contributed by atoms with van der Waals surface area (Å²) in [5, 5.41) is 12.0. The van der Waals surface area contributed by atoms with E-state index in [0.717, 1.165) is 36.3 Å². The van der Waals surface area contributed by atoms with Gasteiger partial charge in [-0.1, -0.05) is 48.8 Å². The smallest absolute Gasteiger partial charge is 0.240 e. The highest BCUT2D eigenvalue weighted by Gasteiger charge is 2.14. The highest BCUT2D eigenvalue weighted by Crippen LogP contribution is 2.17. The van der Waals surface area contributed by atoms with E-state index in [1.165, 1.54) is 11.3 Å². The summed E-state index contributed by atoms with van der Waals surface area (Å²) in [5.41, 5.74) is 0.981. The molecule has 1 aromatic heterocycles. The van der Waals surface area contributed by atoms with Crippen LogP contribution in [0.5, 0.6) is 0 Å². The maximum Gasteiger partial charge on any atom is 0.240 e. The number of anilines is 1. The molecule has 0 radical (unpaired) electrons. The van der Waals surface area contributed by atoms with Crippen LogP contribution in [0.1, 0.15) is 43.2 Å². The Morgan fingerprint density at radius 2 is 1.88 bits per heavy atom. The van der Waals surface area contributed by atoms with Gasteiger partial charge in [0.05, 0.1) is 4.90 Å². The third-order valence-corrected chi connectivity index (χ3v) is 6.06. The van der Waals surface area contributed by atoms with Crippen LogP contribution in [0.4, 0.5) is 5.13 Å². The molecule has 0 atom stereocenters. The topological polar surface area (TPSA) is 101 Å². The Labute approximate surface area is 158 Å². The van der Waals surface area contributed by atoms with Gasteiger partial charge in [-0.2, -0.15) is 0 Å². The van der Waals surface area contributed by atoms with Crippen LogP contribution >= 0.6 is 11.3 Å². The maximum absolute atomic E-state index is 12.1. The molecule has 0 spiro atoms. The van der Waals surface area contributed by atoms with Crippen molar-refractivity contribution in [2.24, 2.45) is 0 Å². The summed E-state index contributed by atoms with van der Waals surface area (Å²) in [7, 11) is -3.61. The molecule has 0 saturated heterocycles. The fourth-order valence-corrected chi connectivity index (χ4v) is 4.04. The molecule has 0 unspecified atom stereocenters. The lowest BCUT2D eigenvalue weighted by molar-refractivity contribution is -0.116. The molecule has 0 aliphatic rings. The van der Waals surface area contributed by atoms with Crippen LogP contribution in [-0.2, 0) is 21.2 Å². The lowest BCUT2D eigenvalue weighted by atomic mass is 10.2. The van der Waals surface area contributed by atoms with Crippen molar-refractivity contribution in [2.45, 2.75) is 50.8 Å². The van der Waals surface area contributed by atoms with E-state index in [0.29, 0.717) is 5.13 Å². The molecular weight excluding hydrogens is 372 g/mol. The largest absolute Gasteiger partial charge is 0.300 e. The first-order valence-corrected chi connectivity index (χ1v) is 10.9. The van der Waals surface area contributed by atoms with E-state index in [-0.39, 0.29) is 23.8 Å². The van der Waals surface area contributed by atoms with Crippen molar-refractivity contribution < 1.29 is 13.2 Å². The number of hydrogen-bond donors (Lipinski definition) is 2. The number of nitrogens with zero attached hydrogens (tertiary/aromatic N) is 2. The number of unbranched alkanes of at least 4 members (excludes halogenated alkanes) is 2. The first-order valence-electron chi connectivity index (χ1n) is 8.59. The average Bonchev–Trinajstić information content (AvgIpc) is 3.02. The normalized spacial score (nSPS) is 11.5. The minimum absolute atomic E-state index is 0.0181. The lowest BCUT2D eigenvalue weighted by Crippen LogP contribution is -2.27. The summed E-state index contributed by atoms with van der Waals surface area (Å²) in [6, 6.07) is 6.54. The van der Waals surface area contributed by atoms with E-state index in [1.54, 1.807) is 24.3 Å². The Morgan fingerprint density at radius 1 is 1.15 bits per heavy atom. The Bertz CT molecular complexity index is 817. The molecule has 0 fully saturated rings. The fraction of sp³-hybridized carbons (Fsp3) is 0.471. The van der Waals surface area contributed by atoms with Gasteiger partial charge in [-0.25, -0.2) is 13.1 Å². The molecule has 26 heavy (non-hydrogen) atoms. The Morgan fingerprint density at radius 3 is 2.58 bits per heavy atom. The molecule has 0 saturated carbocycles. The van der Waals surface area contributed by atoms with E-state index >= 15 is 0 Å². The molecule has 7 nitrogen and oxygen atoms in total. The van der Waals surface area contributed by atoms with Crippen molar-refractivity contribution in [3.8, 4) is 0 Å². The predicted molar refractivity (Wildman–Crippen MR) is 103 cm³/mol. The number of nitrogens with one attached hydrogen (secondary N) is 2. The van der Waals surface area contributed by atoms with Crippen LogP contribution in [0.15, 0.2) is 29.2 Å². The van der Waals surface area contributed by atoms with Gasteiger partial charge >= 0.3 is 0 Å². The van der Waals surface area contributed by atoms with Crippen LogP contribution in [0.2, 0.25) is 0 Å². The van der Waals surface area contributed by atoms with Gasteiger partial charge in [0.25, 0.3) is 0 Å². The number of aromatic nitrogens is 2. The zero-order chi connectivity index (χ0) is 19.0. The minimum atomic E-state index is -3.61. The average molecular weight is 397 g/mol. The number of amides is 1. The quantitative estimate of drug-likeness (QED) is 0.601. The highest BCUT2D eigenvalue weighted by molar-refractivity contribution is 7.89. The van der Waals surface area contributed by atoms with Gasteiger partial charge in [0.2, 0.25) is 21.1 Å². The minimum Gasteiger partial charge on any atom is -0.300 e. The number of rotatable bonds is 10. The number of hydrogen-bond acceptors (Lipinski definition) is 6. The van der Waals surface area contributed by atoms with Crippen LogP contribution < -0.4 is 10.0 Å². The second kappa shape index (κ2) is 9.75. The maximum atomic E-state index is 12.1. The highest BCUT2D eigenvalue weighted by atomic mass is 32.2. The number of carbonyl (C=O) groups excluding carboxylic acids is 1. The molecule has 2 N–H and O–H groups in total. The van der Waals surface area contributed by atoms with Crippen molar-refractivity contribution in [3.05, 3.63) is 34.8 Å². The summed E-state index contributed by atoms with van der Waals surface area (Å²) >= 11 is 1.36. The molecule has 1 amide bonds. The number of aryl methyl sites for hydroxylation is 2. The lowest BCUT2D eigenvalue weighted by Gasteiger charge is -2.06. The van der Waals surface area contributed by atoms with Gasteiger partial charge in [0.15, 0.2) is 0 Å². The first kappa shape index (κ1) is 20.5. The molecule has 0 aliphatic heterocycles. The second-order valence-corrected chi connectivity index (χ2v) is 8.80. The van der Waals surface area contributed by atoms with Gasteiger partial charge in [-0.05, 0) is 25.5 Å². The van der Waals surface area contributed by atoms with Gasteiger partial charge in [-0.15, -0.1) is 10.2 Å². The fourth-order valence-electron chi connectivity index (χ4n) is 2.21. The summed E-state index contributed by atoms with van der Waals surface area (Å²) in [6.45, 7) is 4.04. The van der Waals surface area contributed by atoms with Crippen molar-refractivity contribution in [1.29, 1.82) is 0 Å². The molecule has 1 aromatic carbocycles. The van der Waals surface area contributed by atoms with Crippen LogP contribution in [0.3, 0.4) is 0 Å². The van der Waals surface area contributed by atoms with Crippen LogP contribution in [0, 0.1) is 6.92 Å². The summed E-state index contributed by atoms with van der Waals surface area (Å²) in [4.78, 5) is 12.1. The molecule has 0 bridgehead atoms.